The van der Waals surface area contributed by atoms with Crippen molar-refractivity contribution in [2.75, 3.05) is 25.9 Å². The highest BCUT2D eigenvalue weighted by Crippen LogP contribution is 2.22. The van der Waals surface area contributed by atoms with E-state index in [0.717, 1.165) is 43.8 Å². The van der Waals surface area contributed by atoms with E-state index in [4.69, 9.17) is 0 Å². The number of hydrogen-bond acceptors (Lipinski definition) is 4. The third-order valence-corrected chi connectivity index (χ3v) is 6.11. The third-order valence-electron chi connectivity index (χ3n) is 5.40. The number of carbonyl (C=O) groups excluding carboxylic acids is 2. The lowest BCUT2D eigenvalue weighted by molar-refractivity contribution is -0.121. The summed E-state index contributed by atoms with van der Waals surface area (Å²) in [4.78, 5) is 31.1. The summed E-state index contributed by atoms with van der Waals surface area (Å²) in [7, 11) is 0. The molecule has 154 valence electrons. The summed E-state index contributed by atoms with van der Waals surface area (Å²) in [5.41, 5.74) is 1.96. The Labute approximate surface area is 177 Å². The summed E-state index contributed by atoms with van der Waals surface area (Å²) in [5.74, 6) is 0.622. The number of benzene rings is 1. The molecule has 1 N–H and O–H groups in total. The molecule has 0 atom stereocenters. The molecule has 1 aliphatic rings. The van der Waals surface area contributed by atoms with Gasteiger partial charge in [0, 0.05) is 32.3 Å². The van der Waals surface area contributed by atoms with Crippen LogP contribution in [0.15, 0.2) is 53.7 Å². The van der Waals surface area contributed by atoms with Crippen LogP contribution in [0.4, 0.5) is 0 Å². The number of thioether (sulfide) groups is 1. The zero-order valence-corrected chi connectivity index (χ0v) is 17.8. The van der Waals surface area contributed by atoms with Gasteiger partial charge in [-0.2, -0.15) is 0 Å². The van der Waals surface area contributed by atoms with Crippen molar-refractivity contribution in [1.29, 1.82) is 0 Å². The smallest absolute Gasteiger partial charge is 0.256 e. The van der Waals surface area contributed by atoms with Crippen molar-refractivity contribution in [3.05, 3.63) is 59.8 Å². The molecule has 3 rings (SSSR count). The van der Waals surface area contributed by atoms with Gasteiger partial charge in [0.1, 0.15) is 5.03 Å². The highest BCUT2D eigenvalue weighted by molar-refractivity contribution is 7.98. The molecule has 1 aromatic heterocycles. The van der Waals surface area contributed by atoms with Crippen molar-refractivity contribution in [2.45, 2.75) is 37.1 Å². The van der Waals surface area contributed by atoms with Crippen LogP contribution < -0.4 is 5.32 Å². The van der Waals surface area contributed by atoms with Crippen LogP contribution in [0.3, 0.4) is 0 Å². The molecular weight excluding hydrogens is 382 g/mol. The predicted molar refractivity (Wildman–Crippen MR) is 117 cm³/mol. The van der Waals surface area contributed by atoms with E-state index in [1.54, 1.807) is 6.20 Å². The fourth-order valence-electron chi connectivity index (χ4n) is 3.67. The SMILES string of the molecule is CSc1ncccc1C(=O)N1CCC(CNC(=O)CCCc2ccccc2)CC1. The molecule has 1 aromatic carbocycles. The number of likely N-dealkylation sites (tertiary alicyclic amines) is 1. The second kappa shape index (κ2) is 11.0. The van der Waals surface area contributed by atoms with Crippen molar-refractivity contribution in [3.63, 3.8) is 0 Å². The van der Waals surface area contributed by atoms with Crippen LogP contribution in [0.5, 0.6) is 0 Å². The van der Waals surface area contributed by atoms with E-state index in [2.05, 4.69) is 22.4 Å². The molecule has 2 aromatic rings. The predicted octanol–water partition coefficient (Wildman–Crippen LogP) is 3.79. The first kappa shape index (κ1) is 21.4. The second-order valence-electron chi connectivity index (χ2n) is 7.44. The van der Waals surface area contributed by atoms with Gasteiger partial charge in [0.25, 0.3) is 5.91 Å². The maximum Gasteiger partial charge on any atom is 0.256 e. The van der Waals surface area contributed by atoms with Gasteiger partial charge in [0.15, 0.2) is 0 Å². The number of aryl methyl sites for hydroxylation is 1. The lowest BCUT2D eigenvalue weighted by Gasteiger charge is -2.32. The summed E-state index contributed by atoms with van der Waals surface area (Å²) in [6, 6.07) is 13.9. The minimum Gasteiger partial charge on any atom is -0.356 e. The van der Waals surface area contributed by atoms with Crippen LogP contribution in [0.1, 0.15) is 41.6 Å². The number of carbonyl (C=O) groups is 2. The molecule has 0 bridgehead atoms. The molecule has 6 heteroatoms. The van der Waals surface area contributed by atoms with Crippen LogP contribution in [0.25, 0.3) is 0 Å². The summed E-state index contributed by atoms with van der Waals surface area (Å²) < 4.78 is 0. The zero-order valence-electron chi connectivity index (χ0n) is 17.0. The van der Waals surface area contributed by atoms with E-state index in [9.17, 15) is 9.59 Å². The lowest BCUT2D eigenvalue weighted by Crippen LogP contribution is -2.41. The first-order valence-corrected chi connectivity index (χ1v) is 11.5. The maximum absolute atomic E-state index is 12.8. The lowest BCUT2D eigenvalue weighted by atomic mass is 9.96. The average Bonchev–Trinajstić information content (AvgIpc) is 2.78. The third kappa shape index (κ3) is 6.32. The van der Waals surface area contributed by atoms with Crippen molar-refractivity contribution < 1.29 is 9.59 Å². The number of piperidine rings is 1. The van der Waals surface area contributed by atoms with Crippen LogP contribution in [-0.4, -0.2) is 47.6 Å². The number of nitrogens with one attached hydrogen (secondary N) is 1. The molecule has 1 fully saturated rings. The van der Waals surface area contributed by atoms with E-state index < -0.39 is 0 Å². The Morgan fingerprint density at radius 2 is 1.90 bits per heavy atom. The number of pyridine rings is 1. The van der Waals surface area contributed by atoms with Gasteiger partial charge >= 0.3 is 0 Å². The Morgan fingerprint density at radius 3 is 2.62 bits per heavy atom. The van der Waals surface area contributed by atoms with E-state index >= 15 is 0 Å². The first-order chi connectivity index (χ1) is 14.2. The molecule has 0 unspecified atom stereocenters. The molecule has 0 spiro atoms. The van der Waals surface area contributed by atoms with Crippen molar-refractivity contribution in [1.82, 2.24) is 15.2 Å². The Bertz CT molecular complexity index is 805. The van der Waals surface area contributed by atoms with Crippen molar-refractivity contribution in [3.8, 4) is 0 Å². The summed E-state index contributed by atoms with van der Waals surface area (Å²) in [5, 5.41) is 3.86. The first-order valence-electron chi connectivity index (χ1n) is 10.3. The molecule has 2 amide bonds. The Balaban J connectivity index is 1.36. The Kier molecular flexibility index (Phi) is 8.11. The zero-order chi connectivity index (χ0) is 20.5. The molecule has 5 nitrogen and oxygen atoms in total. The van der Waals surface area contributed by atoms with E-state index in [1.165, 1.54) is 17.3 Å². The van der Waals surface area contributed by atoms with Gasteiger partial charge in [-0.1, -0.05) is 30.3 Å². The fourth-order valence-corrected chi connectivity index (χ4v) is 4.21. The number of amides is 2. The van der Waals surface area contributed by atoms with Crippen LogP contribution in [0, 0.1) is 5.92 Å². The van der Waals surface area contributed by atoms with E-state index in [1.807, 2.05) is 41.5 Å². The van der Waals surface area contributed by atoms with Crippen LogP contribution in [-0.2, 0) is 11.2 Å². The Morgan fingerprint density at radius 1 is 1.14 bits per heavy atom. The number of hydrogen-bond donors (Lipinski definition) is 1. The minimum absolute atomic E-state index is 0.0610. The van der Waals surface area contributed by atoms with Gasteiger partial charge in [-0.25, -0.2) is 4.98 Å². The monoisotopic (exact) mass is 411 g/mol. The van der Waals surface area contributed by atoms with Gasteiger partial charge in [0.05, 0.1) is 5.56 Å². The molecule has 1 aliphatic heterocycles. The van der Waals surface area contributed by atoms with E-state index in [0.29, 0.717) is 24.4 Å². The van der Waals surface area contributed by atoms with Crippen molar-refractivity contribution in [2.24, 2.45) is 5.92 Å². The summed E-state index contributed by atoms with van der Waals surface area (Å²) in [6.07, 6.45) is 7.86. The molecule has 0 saturated carbocycles. The molecule has 1 saturated heterocycles. The number of rotatable bonds is 8. The van der Waals surface area contributed by atoms with Gasteiger partial charge in [-0.05, 0) is 55.6 Å². The second-order valence-corrected chi connectivity index (χ2v) is 8.23. The minimum atomic E-state index is 0.0610. The van der Waals surface area contributed by atoms with Gasteiger partial charge in [-0.15, -0.1) is 11.8 Å². The summed E-state index contributed by atoms with van der Waals surface area (Å²) in [6.45, 7) is 2.17. The Hall–Kier alpha value is -2.34. The highest BCUT2D eigenvalue weighted by atomic mass is 32.2. The van der Waals surface area contributed by atoms with E-state index in [-0.39, 0.29) is 11.8 Å². The molecular formula is C23H29N3O2S. The topological polar surface area (TPSA) is 62.3 Å². The average molecular weight is 412 g/mol. The molecule has 0 aliphatic carbocycles. The molecule has 2 heterocycles. The standard InChI is InChI=1S/C23H29N3O2S/c1-29-22-20(10-6-14-24-22)23(28)26-15-12-19(13-16-26)17-25-21(27)11-5-9-18-7-3-2-4-8-18/h2-4,6-8,10,14,19H,5,9,11-13,15-17H2,1H3,(H,25,27). The van der Waals surface area contributed by atoms with Crippen LogP contribution in [0.2, 0.25) is 0 Å². The number of aromatic nitrogens is 1. The maximum atomic E-state index is 12.8. The van der Waals surface area contributed by atoms with Crippen molar-refractivity contribution >= 4 is 23.6 Å². The largest absolute Gasteiger partial charge is 0.356 e. The fraction of sp³-hybridized carbons (Fsp3) is 0.435. The highest BCUT2D eigenvalue weighted by Gasteiger charge is 2.25. The molecule has 0 radical (unpaired) electrons. The van der Waals surface area contributed by atoms with Crippen LogP contribution >= 0.6 is 11.8 Å². The van der Waals surface area contributed by atoms with Gasteiger partial charge in [-0.3, -0.25) is 9.59 Å². The normalized spacial score (nSPS) is 14.6. The summed E-state index contributed by atoms with van der Waals surface area (Å²) >= 11 is 1.50. The molecule has 29 heavy (non-hydrogen) atoms. The van der Waals surface area contributed by atoms with Gasteiger partial charge in [0.2, 0.25) is 5.91 Å². The number of nitrogens with zero attached hydrogens (tertiary/aromatic N) is 2. The van der Waals surface area contributed by atoms with Gasteiger partial charge < -0.3 is 10.2 Å². The quantitative estimate of drug-likeness (QED) is 0.671.